The van der Waals surface area contributed by atoms with Gasteiger partial charge in [-0.3, -0.25) is 4.90 Å². The van der Waals surface area contributed by atoms with Gasteiger partial charge >= 0.3 is 0 Å². The minimum absolute atomic E-state index is 0.209. The second-order valence-corrected chi connectivity index (χ2v) is 8.94. The number of likely N-dealkylation sites (tertiary alicyclic amines) is 1. The molecule has 6 heteroatoms. The molecule has 1 aliphatic rings. The number of halogens is 1. The van der Waals surface area contributed by atoms with Gasteiger partial charge in [0.05, 0.1) is 5.75 Å². The Morgan fingerprint density at radius 2 is 2.17 bits per heavy atom. The van der Waals surface area contributed by atoms with E-state index in [9.17, 15) is 12.8 Å². The fourth-order valence-electron chi connectivity index (χ4n) is 3.60. The van der Waals surface area contributed by atoms with Crippen LogP contribution in [0.5, 0.6) is 0 Å². The van der Waals surface area contributed by atoms with Crippen molar-refractivity contribution in [1.82, 2.24) is 9.88 Å². The molecule has 0 aliphatic carbocycles. The van der Waals surface area contributed by atoms with E-state index in [2.05, 4.69) is 9.88 Å². The first kappa shape index (κ1) is 16.5. The van der Waals surface area contributed by atoms with Crippen molar-refractivity contribution in [3.8, 4) is 0 Å². The van der Waals surface area contributed by atoms with Gasteiger partial charge in [0.15, 0.2) is 0 Å². The van der Waals surface area contributed by atoms with E-state index in [1.807, 2.05) is 6.92 Å². The lowest BCUT2D eigenvalue weighted by atomic mass is 10.00. The van der Waals surface area contributed by atoms with Gasteiger partial charge < -0.3 is 4.98 Å². The number of nitrogens with zero attached hydrogens (tertiary/aromatic N) is 1. The Labute approximate surface area is 136 Å². The van der Waals surface area contributed by atoms with Crippen molar-refractivity contribution in [3.05, 3.63) is 35.3 Å². The van der Waals surface area contributed by atoms with E-state index < -0.39 is 9.84 Å². The smallest absolute Gasteiger partial charge is 0.147 e. The minimum Gasteiger partial charge on any atom is -0.357 e. The molecule has 126 valence electrons. The molecule has 0 spiro atoms. The molecule has 1 fully saturated rings. The van der Waals surface area contributed by atoms with E-state index in [1.165, 1.54) is 12.3 Å². The Kier molecular flexibility index (Phi) is 4.47. The Balaban J connectivity index is 1.75. The number of aromatic nitrogens is 1. The highest BCUT2D eigenvalue weighted by atomic mass is 32.2. The maximum Gasteiger partial charge on any atom is 0.147 e. The molecule has 0 radical (unpaired) electrons. The third-order valence-electron chi connectivity index (χ3n) is 4.65. The van der Waals surface area contributed by atoms with Crippen LogP contribution in [0.4, 0.5) is 4.39 Å². The molecular weight excluding hydrogens is 315 g/mol. The number of rotatable bonds is 4. The number of aromatic amines is 1. The zero-order valence-electron chi connectivity index (χ0n) is 13.6. The van der Waals surface area contributed by atoms with Crippen LogP contribution in [0.1, 0.15) is 24.1 Å². The number of aryl methyl sites for hydroxylation is 1. The molecule has 3 rings (SSSR count). The second kappa shape index (κ2) is 6.24. The van der Waals surface area contributed by atoms with Crippen LogP contribution in [-0.2, 0) is 16.4 Å². The zero-order chi connectivity index (χ0) is 16.6. The molecule has 1 N–H and O–H groups in total. The summed E-state index contributed by atoms with van der Waals surface area (Å²) in [5.41, 5.74) is 3.11. The van der Waals surface area contributed by atoms with Crippen LogP contribution in [0.2, 0.25) is 0 Å². The zero-order valence-corrected chi connectivity index (χ0v) is 14.4. The van der Waals surface area contributed by atoms with Crippen LogP contribution in [0.15, 0.2) is 18.2 Å². The quantitative estimate of drug-likeness (QED) is 0.933. The predicted octanol–water partition coefficient (Wildman–Crippen LogP) is 2.87. The summed E-state index contributed by atoms with van der Waals surface area (Å²) < 4.78 is 36.4. The number of piperidine rings is 1. The van der Waals surface area contributed by atoms with Crippen LogP contribution in [-0.4, -0.2) is 43.4 Å². The summed E-state index contributed by atoms with van der Waals surface area (Å²) in [5.74, 6) is 0.249. The summed E-state index contributed by atoms with van der Waals surface area (Å²) in [4.78, 5) is 5.67. The van der Waals surface area contributed by atoms with Gasteiger partial charge in [-0.25, -0.2) is 12.8 Å². The first-order valence-corrected chi connectivity index (χ1v) is 10.0. The van der Waals surface area contributed by atoms with Crippen molar-refractivity contribution in [2.75, 3.05) is 25.1 Å². The summed E-state index contributed by atoms with van der Waals surface area (Å²) in [6.07, 6.45) is 3.30. The summed E-state index contributed by atoms with van der Waals surface area (Å²) in [7, 11) is -2.93. The largest absolute Gasteiger partial charge is 0.357 e. The lowest BCUT2D eigenvalue weighted by Gasteiger charge is -2.32. The fraction of sp³-hybridized carbons (Fsp3) is 0.529. The van der Waals surface area contributed by atoms with Crippen molar-refractivity contribution in [1.29, 1.82) is 0 Å². The number of hydrogen-bond donors (Lipinski definition) is 1. The van der Waals surface area contributed by atoms with Crippen molar-refractivity contribution in [2.24, 2.45) is 5.92 Å². The third-order valence-corrected chi connectivity index (χ3v) is 5.72. The van der Waals surface area contributed by atoms with E-state index >= 15 is 0 Å². The molecule has 1 aliphatic heterocycles. The Morgan fingerprint density at radius 1 is 1.39 bits per heavy atom. The van der Waals surface area contributed by atoms with Crippen LogP contribution in [0.3, 0.4) is 0 Å². The highest BCUT2D eigenvalue weighted by Crippen LogP contribution is 2.25. The molecule has 2 aromatic rings. The molecule has 0 amide bonds. The predicted molar refractivity (Wildman–Crippen MR) is 90.7 cm³/mol. The molecule has 0 saturated carbocycles. The summed E-state index contributed by atoms with van der Waals surface area (Å²) in [5, 5.41) is 0.921. The van der Waals surface area contributed by atoms with E-state index in [1.54, 1.807) is 12.1 Å². The van der Waals surface area contributed by atoms with Gasteiger partial charge in [0, 0.05) is 35.9 Å². The maximum atomic E-state index is 13.4. The average molecular weight is 338 g/mol. The van der Waals surface area contributed by atoms with Crippen LogP contribution in [0.25, 0.3) is 10.9 Å². The molecule has 4 nitrogen and oxygen atoms in total. The average Bonchev–Trinajstić information content (AvgIpc) is 2.74. The van der Waals surface area contributed by atoms with E-state index in [0.29, 0.717) is 0 Å². The summed E-state index contributed by atoms with van der Waals surface area (Å²) >= 11 is 0. The number of fused-ring (bicyclic) bond motifs is 1. The topological polar surface area (TPSA) is 53.2 Å². The van der Waals surface area contributed by atoms with Crippen LogP contribution < -0.4 is 0 Å². The molecule has 1 atom stereocenters. The van der Waals surface area contributed by atoms with Crippen molar-refractivity contribution in [2.45, 2.75) is 26.3 Å². The van der Waals surface area contributed by atoms with Crippen molar-refractivity contribution in [3.63, 3.8) is 0 Å². The maximum absolute atomic E-state index is 13.4. The monoisotopic (exact) mass is 338 g/mol. The van der Waals surface area contributed by atoms with Gasteiger partial charge in [-0.05, 0) is 56.0 Å². The molecule has 1 aromatic carbocycles. The van der Waals surface area contributed by atoms with Gasteiger partial charge in [0.2, 0.25) is 0 Å². The third kappa shape index (κ3) is 3.93. The number of nitrogens with one attached hydrogen (secondary N) is 1. The Morgan fingerprint density at radius 3 is 2.91 bits per heavy atom. The van der Waals surface area contributed by atoms with Crippen molar-refractivity contribution >= 4 is 20.7 Å². The van der Waals surface area contributed by atoms with Gasteiger partial charge in [0.1, 0.15) is 15.7 Å². The number of H-pyrrole nitrogens is 1. The Bertz CT molecular complexity index is 813. The van der Waals surface area contributed by atoms with Gasteiger partial charge in [-0.1, -0.05) is 0 Å². The minimum atomic E-state index is -2.93. The second-order valence-electron chi connectivity index (χ2n) is 6.75. The normalized spacial score (nSPS) is 20.2. The first-order chi connectivity index (χ1) is 10.8. The van der Waals surface area contributed by atoms with Crippen molar-refractivity contribution < 1.29 is 12.8 Å². The highest BCUT2D eigenvalue weighted by Gasteiger charge is 2.24. The molecule has 1 saturated heterocycles. The molecular formula is C17H23FN2O2S. The Hall–Kier alpha value is -1.40. The van der Waals surface area contributed by atoms with E-state index in [4.69, 9.17) is 0 Å². The molecule has 1 unspecified atom stereocenters. The SMILES string of the molecule is Cc1c(CN2CCCC(CS(C)(=O)=O)C2)[nH]c2ccc(F)cc12. The molecule has 0 bridgehead atoms. The molecule has 2 heterocycles. The molecule has 23 heavy (non-hydrogen) atoms. The molecule has 1 aromatic heterocycles. The summed E-state index contributed by atoms with van der Waals surface area (Å²) in [6.45, 7) is 4.54. The number of sulfone groups is 1. The number of hydrogen-bond acceptors (Lipinski definition) is 3. The summed E-state index contributed by atoms with van der Waals surface area (Å²) in [6, 6.07) is 4.79. The van der Waals surface area contributed by atoms with Gasteiger partial charge in [-0.2, -0.15) is 0 Å². The van der Waals surface area contributed by atoms with Gasteiger partial charge in [-0.15, -0.1) is 0 Å². The fourth-order valence-corrected chi connectivity index (χ4v) is 4.72. The lowest BCUT2D eigenvalue weighted by molar-refractivity contribution is 0.176. The van der Waals surface area contributed by atoms with Crippen LogP contribution >= 0.6 is 0 Å². The van der Waals surface area contributed by atoms with Gasteiger partial charge in [0.25, 0.3) is 0 Å². The number of benzene rings is 1. The van der Waals surface area contributed by atoms with Crippen LogP contribution in [0, 0.1) is 18.7 Å². The standard InChI is InChI=1S/C17H23FN2O2S/c1-12-15-8-14(18)5-6-16(15)19-17(12)10-20-7-3-4-13(9-20)11-23(2,21)22/h5-6,8,13,19H,3-4,7,9-11H2,1-2H3. The van der Waals surface area contributed by atoms with E-state index in [0.717, 1.165) is 54.6 Å². The lowest BCUT2D eigenvalue weighted by Crippen LogP contribution is -2.37. The highest BCUT2D eigenvalue weighted by molar-refractivity contribution is 7.90. The first-order valence-electron chi connectivity index (χ1n) is 7.98. The van der Waals surface area contributed by atoms with E-state index in [-0.39, 0.29) is 17.5 Å².